The zero-order valence-corrected chi connectivity index (χ0v) is 15.3. The Morgan fingerprint density at radius 1 is 1.12 bits per heavy atom. The molecule has 0 radical (unpaired) electrons. The highest BCUT2D eigenvalue weighted by Crippen LogP contribution is 2.21. The van der Waals surface area contributed by atoms with Crippen LogP contribution in [-0.4, -0.2) is 34.4 Å². The lowest BCUT2D eigenvalue weighted by atomic mass is 10.0. The summed E-state index contributed by atoms with van der Waals surface area (Å²) in [6.07, 6.45) is 3.48. The number of hydrogen-bond donors (Lipinski definition) is 3. The highest BCUT2D eigenvalue weighted by molar-refractivity contribution is 5.67. The van der Waals surface area contributed by atoms with Crippen LogP contribution in [0.25, 0.3) is 0 Å². The van der Waals surface area contributed by atoms with Crippen LogP contribution in [0.15, 0.2) is 18.2 Å². The van der Waals surface area contributed by atoms with E-state index in [9.17, 15) is 14.7 Å². The maximum absolute atomic E-state index is 11.5. The second kappa shape index (κ2) is 9.91. The van der Waals surface area contributed by atoms with E-state index in [0.29, 0.717) is 13.0 Å². The third-order valence-electron chi connectivity index (χ3n) is 3.56. The number of alkyl carbamates (subject to hydrolysis) is 1. The molecule has 0 spiro atoms. The van der Waals surface area contributed by atoms with E-state index in [1.54, 1.807) is 12.1 Å². The number of rotatable bonds is 9. The van der Waals surface area contributed by atoms with Crippen LogP contribution in [-0.2, 0) is 22.4 Å². The van der Waals surface area contributed by atoms with Gasteiger partial charge >= 0.3 is 12.1 Å². The zero-order chi connectivity index (χ0) is 18.9. The lowest BCUT2D eigenvalue weighted by Gasteiger charge is -2.19. The number of carbonyl (C=O) groups is 2. The van der Waals surface area contributed by atoms with Crippen molar-refractivity contribution in [1.82, 2.24) is 5.32 Å². The minimum atomic E-state index is -0.827. The fourth-order valence-corrected chi connectivity index (χ4v) is 2.37. The first-order valence-electron chi connectivity index (χ1n) is 8.67. The molecule has 1 aromatic carbocycles. The minimum absolute atomic E-state index is 0.0839. The van der Waals surface area contributed by atoms with Crippen molar-refractivity contribution in [3.8, 4) is 5.75 Å². The van der Waals surface area contributed by atoms with Crippen molar-refractivity contribution in [2.75, 3.05) is 6.54 Å². The number of aryl methyl sites for hydroxylation is 2. The Kier molecular flexibility index (Phi) is 8.25. The Morgan fingerprint density at radius 2 is 1.84 bits per heavy atom. The Labute approximate surface area is 149 Å². The number of phenolic OH excluding ortho intramolecular Hbond substituents is 1. The van der Waals surface area contributed by atoms with Gasteiger partial charge in [-0.15, -0.1) is 0 Å². The van der Waals surface area contributed by atoms with Gasteiger partial charge in [0, 0.05) is 13.0 Å². The summed E-state index contributed by atoms with van der Waals surface area (Å²) in [6.45, 7) is 6.02. The number of carboxylic acid groups (broad SMARTS) is 1. The number of hydrogen-bond acceptors (Lipinski definition) is 4. The van der Waals surface area contributed by atoms with Gasteiger partial charge in [0.05, 0.1) is 0 Å². The number of benzene rings is 1. The van der Waals surface area contributed by atoms with Crippen molar-refractivity contribution in [2.24, 2.45) is 0 Å². The number of unbranched alkanes of at least 4 members (excludes halogenated alkanes) is 2. The molecular formula is C19H29NO5. The summed E-state index contributed by atoms with van der Waals surface area (Å²) >= 11 is 0. The van der Waals surface area contributed by atoms with E-state index in [2.05, 4.69) is 5.32 Å². The fraction of sp³-hybridized carbons (Fsp3) is 0.579. The van der Waals surface area contributed by atoms with Gasteiger partial charge < -0.3 is 20.3 Å². The first-order chi connectivity index (χ1) is 11.7. The van der Waals surface area contributed by atoms with Gasteiger partial charge in [-0.25, -0.2) is 4.79 Å². The minimum Gasteiger partial charge on any atom is -0.508 e. The van der Waals surface area contributed by atoms with Crippen molar-refractivity contribution in [3.05, 3.63) is 29.3 Å². The Bertz CT molecular complexity index is 578. The van der Waals surface area contributed by atoms with Crippen LogP contribution in [0, 0.1) is 0 Å². The number of aromatic hydroxyl groups is 1. The molecule has 140 valence electrons. The van der Waals surface area contributed by atoms with Crippen molar-refractivity contribution in [2.45, 2.75) is 64.9 Å². The Hall–Kier alpha value is -2.24. The Morgan fingerprint density at radius 3 is 2.48 bits per heavy atom. The highest BCUT2D eigenvalue weighted by atomic mass is 16.6. The first-order valence-corrected chi connectivity index (χ1v) is 8.67. The topological polar surface area (TPSA) is 95.9 Å². The number of aliphatic carboxylic acids is 1. The molecule has 1 rings (SSSR count). The molecule has 0 aromatic heterocycles. The van der Waals surface area contributed by atoms with Crippen LogP contribution in [0.4, 0.5) is 4.79 Å². The Balaban J connectivity index is 2.28. The van der Waals surface area contributed by atoms with Crippen LogP contribution in [0.2, 0.25) is 0 Å². The molecule has 0 fully saturated rings. The molecule has 0 saturated carbocycles. The summed E-state index contributed by atoms with van der Waals surface area (Å²) in [4.78, 5) is 22.1. The molecule has 1 amide bonds. The maximum atomic E-state index is 11.5. The number of carboxylic acids is 1. The average molecular weight is 351 g/mol. The third kappa shape index (κ3) is 9.59. The zero-order valence-electron chi connectivity index (χ0n) is 15.3. The van der Waals surface area contributed by atoms with E-state index in [1.807, 2.05) is 26.8 Å². The molecule has 0 saturated heterocycles. The molecule has 1 aromatic rings. The van der Waals surface area contributed by atoms with Crippen LogP contribution < -0.4 is 5.32 Å². The summed E-state index contributed by atoms with van der Waals surface area (Å²) < 4.78 is 5.16. The van der Waals surface area contributed by atoms with E-state index in [1.165, 1.54) is 0 Å². The van der Waals surface area contributed by atoms with Crippen LogP contribution >= 0.6 is 0 Å². The quantitative estimate of drug-likeness (QED) is 0.590. The van der Waals surface area contributed by atoms with Gasteiger partial charge in [0.1, 0.15) is 11.4 Å². The van der Waals surface area contributed by atoms with Gasteiger partial charge in [-0.2, -0.15) is 0 Å². The van der Waals surface area contributed by atoms with E-state index >= 15 is 0 Å². The predicted molar refractivity (Wildman–Crippen MR) is 95.9 cm³/mol. The molecule has 0 aliphatic carbocycles. The largest absolute Gasteiger partial charge is 0.508 e. The smallest absolute Gasteiger partial charge is 0.407 e. The van der Waals surface area contributed by atoms with Crippen LogP contribution in [0.5, 0.6) is 5.75 Å². The summed E-state index contributed by atoms with van der Waals surface area (Å²) in [7, 11) is 0. The van der Waals surface area contributed by atoms with E-state index < -0.39 is 17.7 Å². The average Bonchev–Trinajstić information content (AvgIpc) is 2.49. The van der Waals surface area contributed by atoms with Gasteiger partial charge in [0.15, 0.2) is 0 Å². The number of carbonyl (C=O) groups excluding carboxylic acids is 1. The van der Waals surface area contributed by atoms with Crippen molar-refractivity contribution < 1.29 is 24.5 Å². The van der Waals surface area contributed by atoms with E-state index in [0.717, 1.165) is 36.8 Å². The van der Waals surface area contributed by atoms with E-state index in [4.69, 9.17) is 9.84 Å². The second-order valence-electron chi connectivity index (χ2n) is 7.10. The molecule has 0 atom stereocenters. The van der Waals surface area contributed by atoms with Gasteiger partial charge in [0.25, 0.3) is 0 Å². The molecule has 0 bridgehead atoms. The molecule has 25 heavy (non-hydrogen) atoms. The van der Waals surface area contributed by atoms with Crippen molar-refractivity contribution in [1.29, 1.82) is 0 Å². The molecule has 0 aliphatic rings. The monoisotopic (exact) mass is 351 g/mol. The molecule has 0 heterocycles. The molecule has 0 aliphatic heterocycles. The summed E-state index contributed by atoms with van der Waals surface area (Å²) in [5, 5.41) is 21.4. The third-order valence-corrected chi connectivity index (χ3v) is 3.56. The summed E-state index contributed by atoms with van der Waals surface area (Å²) in [6, 6.07) is 5.25. The van der Waals surface area contributed by atoms with Crippen molar-refractivity contribution in [3.63, 3.8) is 0 Å². The SMILES string of the molecule is CC(C)(C)OC(=O)NCCCCCc1cc(CCC(=O)O)ccc1O. The number of ether oxygens (including phenoxy) is 1. The summed E-state index contributed by atoms with van der Waals surface area (Å²) in [5.41, 5.74) is 1.26. The fourth-order valence-electron chi connectivity index (χ4n) is 2.37. The summed E-state index contributed by atoms with van der Waals surface area (Å²) in [5.74, 6) is -0.585. The van der Waals surface area contributed by atoms with Gasteiger partial charge in [-0.05, 0) is 63.6 Å². The van der Waals surface area contributed by atoms with Crippen LogP contribution in [0.3, 0.4) is 0 Å². The molecular weight excluding hydrogens is 322 g/mol. The molecule has 3 N–H and O–H groups in total. The van der Waals surface area contributed by atoms with Crippen LogP contribution in [0.1, 0.15) is 57.6 Å². The maximum Gasteiger partial charge on any atom is 0.407 e. The van der Waals surface area contributed by atoms with Gasteiger partial charge in [-0.1, -0.05) is 18.6 Å². The van der Waals surface area contributed by atoms with E-state index in [-0.39, 0.29) is 12.2 Å². The second-order valence-corrected chi connectivity index (χ2v) is 7.10. The number of nitrogens with one attached hydrogen (secondary N) is 1. The molecule has 6 nitrogen and oxygen atoms in total. The standard InChI is InChI=1S/C19H29NO5/c1-19(2,3)25-18(24)20-12-6-4-5-7-15-13-14(8-10-16(15)21)9-11-17(22)23/h8,10,13,21H,4-7,9,11-12H2,1-3H3,(H,20,24)(H,22,23). The molecule has 0 unspecified atom stereocenters. The normalized spacial score (nSPS) is 11.2. The number of phenols is 1. The molecule has 6 heteroatoms. The number of amides is 1. The van der Waals surface area contributed by atoms with Gasteiger partial charge in [0.2, 0.25) is 0 Å². The highest BCUT2D eigenvalue weighted by Gasteiger charge is 2.15. The first kappa shape index (κ1) is 20.8. The van der Waals surface area contributed by atoms with Crippen molar-refractivity contribution >= 4 is 12.1 Å². The lowest BCUT2D eigenvalue weighted by molar-refractivity contribution is -0.136. The lowest BCUT2D eigenvalue weighted by Crippen LogP contribution is -2.32. The predicted octanol–water partition coefficient (Wildman–Crippen LogP) is 3.65. The van der Waals surface area contributed by atoms with Gasteiger partial charge in [-0.3, -0.25) is 4.79 Å².